The Morgan fingerprint density at radius 3 is 3.50 bits per heavy atom. The molecule has 0 aliphatic heterocycles. The molecule has 0 radical (unpaired) electrons. The number of aromatic nitrogens is 2. The first-order valence-electron chi connectivity index (χ1n) is 2.34. The summed E-state index contributed by atoms with van der Waals surface area (Å²) in [5, 5.41) is 3.56. The zero-order valence-corrected chi connectivity index (χ0v) is 4.09. The van der Waals surface area contributed by atoms with E-state index in [9.17, 15) is 0 Å². The molecule has 2 heterocycles. The molecule has 0 saturated carbocycles. The van der Waals surface area contributed by atoms with E-state index in [0.29, 0.717) is 0 Å². The Morgan fingerprint density at radius 2 is 2.62 bits per heavy atom. The van der Waals surface area contributed by atoms with Crippen LogP contribution >= 0.6 is 0 Å². The minimum absolute atomic E-state index is 0.810. The van der Waals surface area contributed by atoms with Gasteiger partial charge in [0.2, 0.25) is 0 Å². The van der Waals surface area contributed by atoms with Crippen LogP contribution in [-0.2, 0) is 0 Å². The lowest BCUT2D eigenvalue weighted by molar-refractivity contribution is 0.456. The van der Waals surface area contributed by atoms with Crippen LogP contribution in [0.5, 0.6) is 0 Å². The molecule has 0 atom stereocenters. The number of hydrogen-bond acceptors (Lipinski definition) is 2. The highest BCUT2D eigenvalue weighted by molar-refractivity contribution is 5.71. The number of nitrogens with one attached hydrogen (secondary N) is 1. The maximum Gasteiger partial charge on any atom is 0.184 e. The molecule has 2 rings (SSSR count). The molecule has 0 fully saturated rings. The number of H-pyrrole nitrogens is 1. The van der Waals surface area contributed by atoms with E-state index in [-0.39, 0.29) is 0 Å². The average molecular weight is 108 g/mol. The zero-order chi connectivity index (χ0) is 5.40. The lowest BCUT2D eigenvalue weighted by atomic mass is 10.5. The normalized spacial score (nSPS) is 10.5. The maximum atomic E-state index is 4.78. The van der Waals surface area contributed by atoms with E-state index in [1.54, 1.807) is 6.20 Å². The summed E-state index contributed by atoms with van der Waals surface area (Å²) in [5.41, 5.74) is 1.76. The first kappa shape index (κ1) is 3.72. The van der Waals surface area contributed by atoms with E-state index in [2.05, 4.69) is 10.1 Å². The second-order valence-electron chi connectivity index (χ2n) is 1.58. The Kier molecular flexibility index (Phi) is 0.521. The number of rotatable bonds is 0. The maximum absolute atomic E-state index is 4.78. The van der Waals surface area contributed by atoms with E-state index in [4.69, 9.17) is 4.52 Å². The summed E-state index contributed by atoms with van der Waals surface area (Å²) < 4.78 is 4.78. The average Bonchev–Trinajstić information content (AvgIpc) is 2.15. The van der Waals surface area contributed by atoms with Gasteiger partial charge in [-0.1, -0.05) is 5.16 Å². The monoisotopic (exact) mass is 108 g/mol. The summed E-state index contributed by atoms with van der Waals surface area (Å²) >= 11 is 0. The number of nitrogens with zero attached hydrogens (tertiary/aromatic N) is 1. The topological polar surface area (TPSA) is 41.8 Å². The van der Waals surface area contributed by atoms with Crippen LogP contribution in [0.1, 0.15) is 0 Å². The fraction of sp³-hybridized carbons (Fsp3) is 0. The lowest BCUT2D eigenvalue weighted by Gasteiger charge is -1.62. The summed E-state index contributed by atoms with van der Waals surface area (Å²) in [5.74, 6) is 0. The summed E-state index contributed by atoms with van der Waals surface area (Å²) in [4.78, 5) is 2.94. The molecule has 2 aromatic rings. The number of hydrogen-bond donors (Lipinski definition) is 1. The molecule has 0 amide bonds. The summed E-state index contributed by atoms with van der Waals surface area (Å²) in [7, 11) is 0. The van der Waals surface area contributed by atoms with Crippen molar-refractivity contribution >= 4 is 11.1 Å². The van der Waals surface area contributed by atoms with Crippen molar-refractivity contribution in [3.05, 3.63) is 18.5 Å². The molecule has 0 spiro atoms. The summed E-state index contributed by atoms with van der Waals surface area (Å²) in [6, 6.07) is 1.84. The molecule has 0 aliphatic rings. The lowest BCUT2D eigenvalue weighted by Crippen LogP contribution is -1.52. The quantitative estimate of drug-likeness (QED) is 0.550. The van der Waals surface area contributed by atoms with Crippen LogP contribution in [0.3, 0.4) is 0 Å². The van der Waals surface area contributed by atoms with E-state index in [0.717, 1.165) is 11.1 Å². The van der Waals surface area contributed by atoms with Crippen LogP contribution < -0.4 is 0 Å². The molecule has 0 saturated heterocycles. The van der Waals surface area contributed by atoms with Gasteiger partial charge in [0.05, 0.1) is 6.20 Å². The SMILES string of the molecule is c1cc2oncc2[nH]1. The predicted octanol–water partition coefficient (Wildman–Crippen LogP) is 1.16. The van der Waals surface area contributed by atoms with E-state index in [1.807, 2.05) is 12.3 Å². The van der Waals surface area contributed by atoms with Crippen molar-refractivity contribution in [3.63, 3.8) is 0 Å². The summed E-state index contributed by atoms with van der Waals surface area (Å²) in [6.07, 6.45) is 3.46. The molecule has 0 bridgehead atoms. The van der Waals surface area contributed by atoms with Gasteiger partial charge < -0.3 is 9.51 Å². The van der Waals surface area contributed by atoms with Crippen molar-refractivity contribution in [2.75, 3.05) is 0 Å². The second kappa shape index (κ2) is 1.12. The minimum atomic E-state index is 0.810. The smallest absolute Gasteiger partial charge is 0.184 e. The van der Waals surface area contributed by atoms with Crippen molar-refractivity contribution in [2.24, 2.45) is 0 Å². The zero-order valence-electron chi connectivity index (χ0n) is 4.09. The number of aromatic amines is 1. The Hall–Kier alpha value is -1.25. The summed E-state index contributed by atoms with van der Waals surface area (Å²) in [6.45, 7) is 0. The molecule has 0 aliphatic carbocycles. The molecular weight excluding hydrogens is 104 g/mol. The van der Waals surface area contributed by atoms with Crippen molar-refractivity contribution < 1.29 is 4.52 Å². The van der Waals surface area contributed by atoms with Gasteiger partial charge in [-0.3, -0.25) is 0 Å². The fourth-order valence-electron chi connectivity index (χ4n) is 0.684. The molecule has 0 aromatic carbocycles. The van der Waals surface area contributed by atoms with Crippen LogP contribution in [0.4, 0.5) is 0 Å². The van der Waals surface area contributed by atoms with Gasteiger partial charge in [-0.2, -0.15) is 0 Å². The van der Waals surface area contributed by atoms with Gasteiger partial charge >= 0.3 is 0 Å². The Balaban J connectivity index is 3.06. The van der Waals surface area contributed by atoms with Crippen LogP contribution in [-0.4, -0.2) is 10.1 Å². The van der Waals surface area contributed by atoms with Crippen LogP contribution in [0.2, 0.25) is 0 Å². The standard InChI is InChI=1S/C5H4N2O/c1-2-6-4-3-7-8-5(1)4/h1-3,6H. The first-order chi connectivity index (χ1) is 3.97. The van der Waals surface area contributed by atoms with E-state index in [1.165, 1.54) is 0 Å². The van der Waals surface area contributed by atoms with Crippen molar-refractivity contribution in [2.45, 2.75) is 0 Å². The minimum Gasteiger partial charge on any atom is -0.357 e. The second-order valence-corrected chi connectivity index (χ2v) is 1.58. The first-order valence-corrected chi connectivity index (χ1v) is 2.34. The van der Waals surface area contributed by atoms with Gasteiger partial charge in [0.1, 0.15) is 5.52 Å². The van der Waals surface area contributed by atoms with Gasteiger partial charge in [-0.15, -0.1) is 0 Å². The van der Waals surface area contributed by atoms with Gasteiger partial charge in [0, 0.05) is 12.3 Å². The molecule has 3 heteroatoms. The van der Waals surface area contributed by atoms with Crippen LogP contribution in [0.25, 0.3) is 11.1 Å². The third-order valence-corrected chi connectivity index (χ3v) is 1.07. The van der Waals surface area contributed by atoms with Crippen molar-refractivity contribution in [1.29, 1.82) is 0 Å². The van der Waals surface area contributed by atoms with Gasteiger partial charge in [-0.25, -0.2) is 0 Å². The van der Waals surface area contributed by atoms with Gasteiger partial charge in [-0.05, 0) is 0 Å². The van der Waals surface area contributed by atoms with E-state index >= 15 is 0 Å². The van der Waals surface area contributed by atoms with Crippen LogP contribution in [0, 0.1) is 0 Å². The fourth-order valence-corrected chi connectivity index (χ4v) is 0.684. The molecule has 3 nitrogen and oxygen atoms in total. The third kappa shape index (κ3) is 0.307. The third-order valence-electron chi connectivity index (χ3n) is 1.07. The predicted molar refractivity (Wildman–Crippen MR) is 28.4 cm³/mol. The van der Waals surface area contributed by atoms with Gasteiger partial charge in [0.15, 0.2) is 5.58 Å². The highest BCUT2D eigenvalue weighted by atomic mass is 16.5. The molecule has 8 heavy (non-hydrogen) atoms. The van der Waals surface area contributed by atoms with Crippen LogP contribution in [0.15, 0.2) is 23.0 Å². The molecule has 1 N–H and O–H groups in total. The van der Waals surface area contributed by atoms with Crippen molar-refractivity contribution in [1.82, 2.24) is 10.1 Å². The highest BCUT2D eigenvalue weighted by Gasteiger charge is 1.93. The molecule has 2 aromatic heterocycles. The largest absolute Gasteiger partial charge is 0.357 e. The molecular formula is C5H4N2O. The Bertz CT molecular complexity index is 232. The Labute approximate surface area is 45.3 Å². The molecule has 0 unspecified atom stereocenters. The van der Waals surface area contributed by atoms with Crippen molar-refractivity contribution in [3.8, 4) is 0 Å². The Morgan fingerprint density at radius 1 is 1.62 bits per heavy atom. The molecule has 40 valence electrons. The van der Waals surface area contributed by atoms with E-state index < -0.39 is 0 Å². The highest BCUT2D eigenvalue weighted by Crippen LogP contribution is 2.07. The number of fused-ring (bicyclic) bond motifs is 1. The van der Waals surface area contributed by atoms with Gasteiger partial charge in [0.25, 0.3) is 0 Å².